The minimum Gasteiger partial charge on any atom is -0.355 e. The second-order valence-corrected chi connectivity index (χ2v) is 6.49. The highest BCUT2D eigenvalue weighted by Gasteiger charge is 2.22. The highest BCUT2D eigenvalue weighted by molar-refractivity contribution is 7.99. The van der Waals surface area contributed by atoms with Crippen LogP contribution in [-0.2, 0) is 6.54 Å². The van der Waals surface area contributed by atoms with E-state index in [0.717, 1.165) is 31.0 Å². The number of aryl methyl sites for hydroxylation is 1. The summed E-state index contributed by atoms with van der Waals surface area (Å²) in [6.45, 7) is 5.16. The van der Waals surface area contributed by atoms with Gasteiger partial charge in [0.2, 0.25) is 0 Å². The zero-order valence-electron chi connectivity index (χ0n) is 12.7. The van der Waals surface area contributed by atoms with E-state index in [-0.39, 0.29) is 0 Å². The molecule has 21 heavy (non-hydrogen) atoms. The second kappa shape index (κ2) is 6.54. The molecule has 0 amide bonds. The molecule has 5 heteroatoms. The van der Waals surface area contributed by atoms with Gasteiger partial charge in [-0.3, -0.25) is 0 Å². The third-order valence-corrected chi connectivity index (χ3v) is 4.76. The Morgan fingerprint density at radius 2 is 1.90 bits per heavy atom. The van der Waals surface area contributed by atoms with Crippen LogP contribution in [0.5, 0.6) is 0 Å². The van der Waals surface area contributed by atoms with Crippen LogP contribution in [0.3, 0.4) is 0 Å². The van der Waals surface area contributed by atoms with Gasteiger partial charge in [0, 0.05) is 36.7 Å². The fourth-order valence-corrected chi connectivity index (χ4v) is 3.68. The standard InChI is InChI=1S/C16H22N4S/c1-13-15(12-17-2)16(19-8-10-21-11-9-19)20(18-13)14-6-4-3-5-7-14/h3-7,17H,8-12H2,1-2H3. The van der Waals surface area contributed by atoms with Crippen LogP contribution in [0.2, 0.25) is 0 Å². The van der Waals surface area contributed by atoms with Crippen molar-refractivity contribution < 1.29 is 0 Å². The average Bonchev–Trinajstić information content (AvgIpc) is 2.86. The number of benzene rings is 1. The number of rotatable bonds is 4. The largest absolute Gasteiger partial charge is 0.355 e. The number of para-hydroxylation sites is 1. The van der Waals surface area contributed by atoms with Crippen LogP contribution in [0, 0.1) is 6.92 Å². The first kappa shape index (κ1) is 14.5. The van der Waals surface area contributed by atoms with E-state index in [0.29, 0.717) is 0 Å². The fourth-order valence-electron chi connectivity index (χ4n) is 2.78. The predicted octanol–water partition coefficient (Wildman–Crippen LogP) is 2.45. The molecular weight excluding hydrogens is 280 g/mol. The number of hydrogen-bond donors (Lipinski definition) is 1. The third kappa shape index (κ3) is 2.94. The summed E-state index contributed by atoms with van der Waals surface area (Å²) in [5.74, 6) is 3.64. The van der Waals surface area contributed by atoms with E-state index < -0.39 is 0 Å². The van der Waals surface area contributed by atoms with Crippen molar-refractivity contribution in [2.45, 2.75) is 13.5 Å². The van der Waals surface area contributed by atoms with Gasteiger partial charge in [0.15, 0.2) is 0 Å². The van der Waals surface area contributed by atoms with Crippen LogP contribution in [0.1, 0.15) is 11.3 Å². The summed E-state index contributed by atoms with van der Waals surface area (Å²) < 4.78 is 2.11. The number of nitrogens with zero attached hydrogens (tertiary/aromatic N) is 3. The summed E-state index contributed by atoms with van der Waals surface area (Å²) in [7, 11) is 2.00. The van der Waals surface area contributed by atoms with E-state index in [4.69, 9.17) is 5.10 Å². The normalized spacial score (nSPS) is 15.4. The van der Waals surface area contributed by atoms with E-state index >= 15 is 0 Å². The Balaban J connectivity index is 2.08. The lowest BCUT2D eigenvalue weighted by molar-refractivity contribution is 0.763. The number of hydrogen-bond acceptors (Lipinski definition) is 4. The van der Waals surface area contributed by atoms with Crippen molar-refractivity contribution in [2.24, 2.45) is 0 Å². The Morgan fingerprint density at radius 1 is 1.19 bits per heavy atom. The maximum Gasteiger partial charge on any atom is 0.137 e. The minimum atomic E-state index is 0.859. The molecule has 0 saturated carbocycles. The zero-order chi connectivity index (χ0) is 14.7. The molecule has 2 heterocycles. The molecule has 4 nitrogen and oxygen atoms in total. The first-order chi connectivity index (χ1) is 10.3. The topological polar surface area (TPSA) is 33.1 Å². The van der Waals surface area contributed by atoms with Gasteiger partial charge in [-0.2, -0.15) is 16.9 Å². The molecule has 1 N–H and O–H groups in total. The smallest absolute Gasteiger partial charge is 0.137 e. The number of aromatic nitrogens is 2. The van der Waals surface area contributed by atoms with Gasteiger partial charge in [-0.25, -0.2) is 4.68 Å². The molecule has 0 unspecified atom stereocenters. The van der Waals surface area contributed by atoms with E-state index in [1.54, 1.807) is 0 Å². The number of thioether (sulfide) groups is 1. The second-order valence-electron chi connectivity index (χ2n) is 5.26. The van der Waals surface area contributed by atoms with E-state index in [1.807, 2.05) is 24.9 Å². The van der Waals surface area contributed by atoms with Crippen molar-refractivity contribution in [1.29, 1.82) is 0 Å². The first-order valence-corrected chi connectivity index (χ1v) is 8.58. The highest BCUT2D eigenvalue weighted by atomic mass is 32.2. The highest BCUT2D eigenvalue weighted by Crippen LogP contribution is 2.29. The Hall–Kier alpha value is -1.46. The maximum atomic E-state index is 4.80. The Bertz CT molecular complexity index is 588. The molecule has 1 aliphatic rings. The number of nitrogens with one attached hydrogen (secondary N) is 1. The Labute approximate surface area is 130 Å². The van der Waals surface area contributed by atoms with Crippen molar-refractivity contribution in [1.82, 2.24) is 15.1 Å². The van der Waals surface area contributed by atoms with Crippen molar-refractivity contribution >= 4 is 17.6 Å². The Kier molecular flexibility index (Phi) is 4.51. The van der Waals surface area contributed by atoms with Gasteiger partial charge in [-0.15, -0.1) is 0 Å². The fraction of sp³-hybridized carbons (Fsp3) is 0.438. The molecule has 0 atom stereocenters. The lowest BCUT2D eigenvalue weighted by Crippen LogP contribution is -2.35. The summed E-state index contributed by atoms with van der Waals surface area (Å²) in [4.78, 5) is 2.48. The monoisotopic (exact) mass is 302 g/mol. The Morgan fingerprint density at radius 3 is 2.57 bits per heavy atom. The molecule has 2 aromatic rings. The molecule has 1 fully saturated rings. The van der Waals surface area contributed by atoms with Crippen LogP contribution in [0.4, 0.5) is 5.82 Å². The summed E-state index contributed by atoms with van der Waals surface area (Å²) in [6.07, 6.45) is 0. The summed E-state index contributed by atoms with van der Waals surface area (Å²) in [6, 6.07) is 10.4. The molecule has 1 aromatic carbocycles. The molecule has 1 aromatic heterocycles. The van der Waals surface area contributed by atoms with Gasteiger partial charge < -0.3 is 10.2 Å². The molecular formula is C16H22N4S. The molecule has 0 aliphatic carbocycles. The predicted molar refractivity (Wildman–Crippen MR) is 90.6 cm³/mol. The van der Waals surface area contributed by atoms with Gasteiger partial charge in [0.25, 0.3) is 0 Å². The van der Waals surface area contributed by atoms with Crippen LogP contribution < -0.4 is 10.2 Å². The molecule has 0 bridgehead atoms. The quantitative estimate of drug-likeness (QED) is 0.940. The van der Waals surface area contributed by atoms with Gasteiger partial charge in [-0.05, 0) is 26.1 Å². The molecule has 0 spiro atoms. The van der Waals surface area contributed by atoms with Gasteiger partial charge >= 0.3 is 0 Å². The van der Waals surface area contributed by atoms with Crippen molar-refractivity contribution in [2.75, 3.05) is 36.5 Å². The van der Waals surface area contributed by atoms with Crippen LogP contribution in [-0.4, -0.2) is 41.4 Å². The van der Waals surface area contributed by atoms with Gasteiger partial charge in [-0.1, -0.05) is 18.2 Å². The van der Waals surface area contributed by atoms with Crippen LogP contribution in [0.25, 0.3) is 5.69 Å². The lowest BCUT2D eigenvalue weighted by atomic mass is 10.2. The minimum absolute atomic E-state index is 0.859. The van der Waals surface area contributed by atoms with E-state index in [2.05, 4.69) is 46.1 Å². The van der Waals surface area contributed by atoms with Crippen LogP contribution in [0.15, 0.2) is 30.3 Å². The maximum absolute atomic E-state index is 4.80. The van der Waals surface area contributed by atoms with E-state index in [1.165, 1.54) is 22.9 Å². The van der Waals surface area contributed by atoms with Crippen LogP contribution >= 0.6 is 11.8 Å². The first-order valence-electron chi connectivity index (χ1n) is 7.42. The average molecular weight is 302 g/mol. The molecule has 1 saturated heterocycles. The van der Waals surface area contributed by atoms with Gasteiger partial charge in [0.1, 0.15) is 5.82 Å². The third-order valence-electron chi connectivity index (χ3n) is 3.82. The molecule has 3 rings (SSSR count). The lowest BCUT2D eigenvalue weighted by Gasteiger charge is -2.30. The zero-order valence-corrected chi connectivity index (χ0v) is 13.5. The van der Waals surface area contributed by atoms with Crippen molar-refractivity contribution in [3.8, 4) is 5.69 Å². The molecule has 112 valence electrons. The van der Waals surface area contributed by atoms with Gasteiger partial charge in [0.05, 0.1) is 11.4 Å². The SMILES string of the molecule is CNCc1c(C)nn(-c2ccccc2)c1N1CCSCC1. The molecule has 1 aliphatic heterocycles. The summed E-state index contributed by atoms with van der Waals surface area (Å²) in [5, 5.41) is 8.09. The van der Waals surface area contributed by atoms with Crippen molar-refractivity contribution in [3.63, 3.8) is 0 Å². The summed E-state index contributed by atoms with van der Waals surface area (Å²) >= 11 is 2.03. The number of anilines is 1. The molecule has 0 radical (unpaired) electrons. The van der Waals surface area contributed by atoms with Crippen molar-refractivity contribution in [3.05, 3.63) is 41.6 Å². The summed E-state index contributed by atoms with van der Waals surface area (Å²) in [5.41, 5.74) is 3.56. The van der Waals surface area contributed by atoms with E-state index in [9.17, 15) is 0 Å².